The summed E-state index contributed by atoms with van der Waals surface area (Å²) in [6.45, 7) is 3.41. The number of nitrogens with one attached hydrogen (secondary N) is 2. The molecule has 0 unspecified atom stereocenters. The van der Waals surface area contributed by atoms with Crippen molar-refractivity contribution in [3.8, 4) is 0 Å². The molecule has 0 amide bonds. The van der Waals surface area contributed by atoms with E-state index in [2.05, 4.69) is 14.9 Å². The lowest BCUT2D eigenvalue weighted by Gasteiger charge is -2.25. The maximum absolute atomic E-state index is 12.0. The lowest BCUT2D eigenvalue weighted by Crippen LogP contribution is -2.43. The van der Waals surface area contributed by atoms with Gasteiger partial charge in [-0.3, -0.25) is 5.10 Å². The average Bonchev–Trinajstić information content (AvgIpc) is 2.74. The molecule has 1 aromatic rings. The molecule has 2 heterocycles. The number of aromatic amines is 1. The van der Waals surface area contributed by atoms with Crippen LogP contribution < -0.4 is 4.72 Å². The van der Waals surface area contributed by atoms with E-state index in [0.29, 0.717) is 19.6 Å². The second-order valence-corrected chi connectivity index (χ2v) is 6.06. The van der Waals surface area contributed by atoms with E-state index in [1.165, 1.54) is 4.31 Å². The van der Waals surface area contributed by atoms with Crippen LogP contribution in [0.5, 0.6) is 0 Å². The molecule has 2 N–H and O–H groups in total. The summed E-state index contributed by atoms with van der Waals surface area (Å²) in [5.74, 6) is 0. The van der Waals surface area contributed by atoms with Crippen LogP contribution in [-0.4, -0.2) is 36.0 Å². The van der Waals surface area contributed by atoms with Crippen molar-refractivity contribution >= 4 is 10.2 Å². The largest absolute Gasteiger partial charge is 0.283 e. The summed E-state index contributed by atoms with van der Waals surface area (Å²) in [6, 6.07) is 0. The van der Waals surface area contributed by atoms with E-state index in [-0.39, 0.29) is 0 Å². The Bertz CT molecular complexity index is 462. The van der Waals surface area contributed by atoms with Gasteiger partial charge in [-0.2, -0.15) is 22.5 Å². The fourth-order valence-corrected chi connectivity index (χ4v) is 3.18. The summed E-state index contributed by atoms with van der Waals surface area (Å²) < 4.78 is 28.1. The zero-order valence-corrected chi connectivity index (χ0v) is 10.8. The normalized spacial score (nSPS) is 18.4. The van der Waals surface area contributed by atoms with Crippen LogP contribution in [0, 0.1) is 6.92 Å². The third kappa shape index (κ3) is 3.05. The molecule has 96 valence electrons. The molecule has 1 aliphatic heterocycles. The summed E-state index contributed by atoms with van der Waals surface area (Å²) in [5, 5.41) is 6.65. The minimum absolute atomic E-state index is 0.293. The highest BCUT2D eigenvalue weighted by molar-refractivity contribution is 7.87. The minimum Gasteiger partial charge on any atom is -0.283 e. The van der Waals surface area contributed by atoms with Crippen molar-refractivity contribution in [2.45, 2.75) is 32.7 Å². The van der Waals surface area contributed by atoms with E-state index in [0.717, 1.165) is 30.5 Å². The third-order valence-corrected chi connectivity index (χ3v) is 4.59. The van der Waals surface area contributed by atoms with Crippen molar-refractivity contribution in [1.29, 1.82) is 0 Å². The molecule has 0 bridgehead atoms. The maximum atomic E-state index is 12.0. The molecule has 2 rings (SSSR count). The van der Waals surface area contributed by atoms with Gasteiger partial charge >= 0.3 is 0 Å². The molecular formula is C10H18N4O2S. The average molecular weight is 258 g/mol. The number of hydrogen-bond donors (Lipinski definition) is 2. The number of hydrogen-bond acceptors (Lipinski definition) is 3. The summed E-state index contributed by atoms with van der Waals surface area (Å²) >= 11 is 0. The van der Waals surface area contributed by atoms with E-state index < -0.39 is 10.2 Å². The van der Waals surface area contributed by atoms with Gasteiger partial charge in [0.25, 0.3) is 10.2 Å². The van der Waals surface area contributed by atoms with E-state index in [9.17, 15) is 8.42 Å². The Labute approximate surface area is 102 Å². The smallest absolute Gasteiger partial charge is 0.279 e. The van der Waals surface area contributed by atoms with Gasteiger partial charge in [0.05, 0.1) is 6.20 Å². The second kappa shape index (κ2) is 5.16. The highest BCUT2D eigenvalue weighted by Gasteiger charge is 2.23. The first-order valence-corrected chi connectivity index (χ1v) is 7.27. The van der Waals surface area contributed by atoms with Crippen LogP contribution in [0.1, 0.15) is 30.5 Å². The number of piperidine rings is 1. The highest BCUT2D eigenvalue weighted by atomic mass is 32.2. The summed E-state index contributed by atoms with van der Waals surface area (Å²) in [6.07, 6.45) is 4.66. The number of aromatic nitrogens is 2. The lowest BCUT2D eigenvalue weighted by atomic mass is 10.2. The van der Waals surface area contributed by atoms with E-state index in [4.69, 9.17) is 0 Å². The van der Waals surface area contributed by atoms with Crippen LogP contribution in [0.2, 0.25) is 0 Å². The van der Waals surface area contributed by atoms with Crippen LogP contribution in [0.25, 0.3) is 0 Å². The molecule has 17 heavy (non-hydrogen) atoms. The number of H-pyrrole nitrogens is 1. The molecule has 1 aromatic heterocycles. The third-order valence-electron chi connectivity index (χ3n) is 3.03. The fraction of sp³-hybridized carbons (Fsp3) is 0.700. The molecule has 0 aromatic carbocycles. The van der Waals surface area contributed by atoms with Crippen molar-refractivity contribution in [2.24, 2.45) is 0 Å². The van der Waals surface area contributed by atoms with Crippen molar-refractivity contribution in [1.82, 2.24) is 19.2 Å². The SMILES string of the molecule is Cc1[nH]ncc1CNS(=O)(=O)N1CCCCC1. The minimum atomic E-state index is -3.33. The van der Waals surface area contributed by atoms with E-state index >= 15 is 0 Å². The molecule has 1 aliphatic rings. The highest BCUT2D eigenvalue weighted by Crippen LogP contribution is 2.12. The molecule has 6 nitrogen and oxygen atoms in total. The van der Waals surface area contributed by atoms with Crippen molar-refractivity contribution < 1.29 is 8.42 Å². The van der Waals surface area contributed by atoms with Crippen LogP contribution >= 0.6 is 0 Å². The standard InChI is InChI=1S/C10H18N4O2S/c1-9-10(7-11-13-9)8-12-17(15,16)14-5-3-2-4-6-14/h7,12H,2-6,8H2,1H3,(H,11,13). The molecule has 0 saturated carbocycles. The second-order valence-electron chi connectivity index (χ2n) is 4.31. The monoisotopic (exact) mass is 258 g/mol. The predicted molar refractivity (Wildman–Crippen MR) is 64.5 cm³/mol. The van der Waals surface area contributed by atoms with E-state index in [1.54, 1.807) is 6.20 Å². The van der Waals surface area contributed by atoms with Crippen LogP contribution in [-0.2, 0) is 16.8 Å². The van der Waals surface area contributed by atoms with Gasteiger partial charge < -0.3 is 0 Å². The molecule has 0 radical (unpaired) electrons. The maximum Gasteiger partial charge on any atom is 0.279 e. The number of aryl methyl sites for hydroxylation is 1. The summed E-state index contributed by atoms with van der Waals surface area (Å²) in [7, 11) is -3.33. The van der Waals surface area contributed by atoms with Gasteiger partial charge in [-0.25, -0.2) is 0 Å². The number of rotatable bonds is 4. The Kier molecular flexibility index (Phi) is 3.80. The van der Waals surface area contributed by atoms with Crippen molar-refractivity contribution in [3.63, 3.8) is 0 Å². The van der Waals surface area contributed by atoms with Crippen molar-refractivity contribution in [2.75, 3.05) is 13.1 Å². The van der Waals surface area contributed by atoms with Crippen LogP contribution in [0.15, 0.2) is 6.20 Å². The molecular weight excluding hydrogens is 240 g/mol. The quantitative estimate of drug-likeness (QED) is 0.827. The van der Waals surface area contributed by atoms with Gasteiger partial charge in [-0.15, -0.1) is 0 Å². The van der Waals surface area contributed by atoms with Gasteiger partial charge in [0.15, 0.2) is 0 Å². The van der Waals surface area contributed by atoms with Crippen LogP contribution in [0.4, 0.5) is 0 Å². The Hall–Kier alpha value is -0.920. The molecule has 0 atom stereocenters. The predicted octanol–water partition coefficient (Wildman–Crippen LogP) is 0.538. The summed E-state index contributed by atoms with van der Waals surface area (Å²) in [5.41, 5.74) is 1.77. The zero-order chi connectivity index (χ0) is 12.3. The first-order valence-electron chi connectivity index (χ1n) is 5.83. The van der Waals surface area contributed by atoms with Crippen LogP contribution in [0.3, 0.4) is 0 Å². The Balaban J connectivity index is 1.95. The molecule has 0 spiro atoms. The van der Waals surface area contributed by atoms with Gasteiger partial charge in [0, 0.05) is 30.9 Å². The topological polar surface area (TPSA) is 78.1 Å². The Morgan fingerprint density at radius 2 is 2.12 bits per heavy atom. The molecule has 1 fully saturated rings. The Morgan fingerprint density at radius 1 is 1.41 bits per heavy atom. The van der Waals surface area contributed by atoms with Gasteiger partial charge in [-0.05, 0) is 19.8 Å². The molecule has 7 heteroatoms. The molecule has 0 aliphatic carbocycles. The fourth-order valence-electron chi connectivity index (χ4n) is 1.92. The number of nitrogens with zero attached hydrogens (tertiary/aromatic N) is 2. The first-order chi connectivity index (χ1) is 8.09. The first kappa shape index (κ1) is 12.5. The van der Waals surface area contributed by atoms with Gasteiger partial charge in [0.2, 0.25) is 0 Å². The lowest BCUT2D eigenvalue weighted by molar-refractivity contribution is 0.341. The zero-order valence-electron chi connectivity index (χ0n) is 9.94. The van der Waals surface area contributed by atoms with Gasteiger partial charge in [0.1, 0.15) is 0 Å². The molecule has 1 saturated heterocycles. The van der Waals surface area contributed by atoms with Crippen molar-refractivity contribution in [3.05, 3.63) is 17.5 Å². The van der Waals surface area contributed by atoms with Gasteiger partial charge in [-0.1, -0.05) is 6.42 Å². The summed E-state index contributed by atoms with van der Waals surface area (Å²) in [4.78, 5) is 0. The Morgan fingerprint density at radius 3 is 2.71 bits per heavy atom. The van der Waals surface area contributed by atoms with E-state index in [1.807, 2.05) is 6.92 Å².